The van der Waals surface area contributed by atoms with Crippen molar-refractivity contribution in [3.63, 3.8) is 0 Å². The van der Waals surface area contributed by atoms with Crippen LogP contribution >= 0.6 is 0 Å². The summed E-state index contributed by atoms with van der Waals surface area (Å²) in [5.74, 6) is -0.133. The van der Waals surface area contributed by atoms with Gasteiger partial charge in [0, 0.05) is 18.1 Å². The summed E-state index contributed by atoms with van der Waals surface area (Å²) < 4.78 is 0. The van der Waals surface area contributed by atoms with E-state index in [0.717, 1.165) is 19.3 Å². The maximum Gasteiger partial charge on any atom is 0.237 e. The van der Waals surface area contributed by atoms with Crippen molar-refractivity contribution < 1.29 is 4.79 Å². The molecule has 1 aliphatic heterocycles. The Morgan fingerprint density at radius 1 is 1.26 bits per heavy atom. The number of piperidine rings is 1. The number of primary amides is 1. The van der Waals surface area contributed by atoms with E-state index in [1.807, 2.05) is 0 Å². The highest BCUT2D eigenvalue weighted by Gasteiger charge is 2.48. The molecule has 3 atom stereocenters. The van der Waals surface area contributed by atoms with Gasteiger partial charge in [-0.2, -0.15) is 0 Å². The summed E-state index contributed by atoms with van der Waals surface area (Å²) in [5, 5.41) is 3.55. The molecule has 3 unspecified atom stereocenters. The van der Waals surface area contributed by atoms with Crippen LogP contribution in [0.3, 0.4) is 0 Å². The van der Waals surface area contributed by atoms with E-state index >= 15 is 0 Å². The maximum atomic E-state index is 11.9. The second kappa shape index (κ2) is 5.06. The summed E-state index contributed by atoms with van der Waals surface area (Å²) in [4.78, 5) is 14.6. The number of carbonyl (C=O) groups excluding carboxylic acids is 1. The second-order valence-electron chi connectivity index (χ2n) is 6.84. The van der Waals surface area contributed by atoms with Crippen LogP contribution in [0.1, 0.15) is 58.3 Å². The molecule has 0 aromatic heterocycles. The van der Waals surface area contributed by atoms with Crippen LogP contribution in [0.25, 0.3) is 0 Å². The highest BCUT2D eigenvalue weighted by Crippen LogP contribution is 2.38. The van der Waals surface area contributed by atoms with Crippen molar-refractivity contribution in [2.75, 3.05) is 6.54 Å². The molecule has 1 amide bonds. The van der Waals surface area contributed by atoms with E-state index in [-0.39, 0.29) is 5.91 Å². The number of likely N-dealkylation sites (tertiary alicyclic amines) is 1. The molecule has 3 aliphatic rings. The lowest BCUT2D eigenvalue weighted by Crippen LogP contribution is -2.56. The monoisotopic (exact) mass is 265 g/mol. The summed E-state index contributed by atoms with van der Waals surface area (Å²) in [5.41, 5.74) is 5.30. The van der Waals surface area contributed by atoms with Gasteiger partial charge >= 0.3 is 0 Å². The second-order valence-corrected chi connectivity index (χ2v) is 6.84. The van der Waals surface area contributed by atoms with Crippen LogP contribution in [-0.4, -0.2) is 41.0 Å². The minimum Gasteiger partial charge on any atom is -0.368 e. The Kier molecular flexibility index (Phi) is 3.56. The molecule has 2 aliphatic carbocycles. The number of nitrogens with zero attached hydrogens (tertiary/aromatic N) is 1. The van der Waals surface area contributed by atoms with Crippen LogP contribution in [0.4, 0.5) is 0 Å². The van der Waals surface area contributed by atoms with Gasteiger partial charge in [-0.1, -0.05) is 6.42 Å². The van der Waals surface area contributed by atoms with Crippen LogP contribution in [0.15, 0.2) is 0 Å². The fourth-order valence-corrected chi connectivity index (χ4v) is 4.01. The average molecular weight is 265 g/mol. The van der Waals surface area contributed by atoms with Gasteiger partial charge in [-0.25, -0.2) is 0 Å². The molecule has 4 heteroatoms. The van der Waals surface area contributed by atoms with E-state index in [9.17, 15) is 4.79 Å². The minimum atomic E-state index is -0.414. The molecule has 3 fully saturated rings. The van der Waals surface area contributed by atoms with Crippen LogP contribution < -0.4 is 11.1 Å². The Hall–Kier alpha value is -0.610. The predicted octanol–water partition coefficient (Wildman–Crippen LogP) is 1.39. The molecular formula is C15H27N3O. The van der Waals surface area contributed by atoms with Crippen LogP contribution in [0.5, 0.6) is 0 Å². The van der Waals surface area contributed by atoms with E-state index in [0.29, 0.717) is 18.1 Å². The summed E-state index contributed by atoms with van der Waals surface area (Å²) in [6.45, 7) is 3.53. The topological polar surface area (TPSA) is 58.4 Å². The lowest BCUT2D eigenvalue weighted by Gasteiger charge is -2.39. The summed E-state index contributed by atoms with van der Waals surface area (Å²) in [7, 11) is 0. The summed E-state index contributed by atoms with van der Waals surface area (Å²) in [6.07, 6.45) is 9.34. The van der Waals surface area contributed by atoms with Crippen molar-refractivity contribution in [2.24, 2.45) is 5.73 Å². The normalized spacial score (nSPS) is 40.5. The zero-order chi connectivity index (χ0) is 13.5. The Balaban J connectivity index is 1.67. The van der Waals surface area contributed by atoms with Crippen molar-refractivity contribution in [2.45, 2.75) is 82.0 Å². The van der Waals surface area contributed by atoms with E-state index in [1.165, 1.54) is 38.6 Å². The molecule has 0 spiro atoms. The Bertz CT molecular complexity index is 355. The van der Waals surface area contributed by atoms with Gasteiger partial charge in [0.05, 0.1) is 5.54 Å². The number of hydrogen-bond donors (Lipinski definition) is 2. The molecule has 2 saturated carbocycles. The zero-order valence-corrected chi connectivity index (χ0v) is 12.0. The summed E-state index contributed by atoms with van der Waals surface area (Å²) in [6, 6.07) is 1.77. The molecule has 1 heterocycles. The van der Waals surface area contributed by atoms with Crippen molar-refractivity contribution in [1.82, 2.24) is 10.2 Å². The maximum absolute atomic E-state index is 11.9. The van der Waals surface area contributed by atoms with Gasteiger partial charge in [0.2, 0.25) is 5.91 Å². The molecule has 108 valence electrons. The largest absolute Gasteiger partial charge is 0.368 e. The fourth-order valence-electron chi connectivity index (χ4n) is 4.01. The average Bonchev–Trinajstić information content (AvgIpc) is 3.08. The molecule has 0 aromatic carbocycles. The number of nitrogens with two attached hydrogens (primary N) is 1. The van der Waals surface area contributed by atoms with E-state index < -0.39 is 5.54 Å². The van der Waals surface area contributed by atoms with Gasteiger partial charge in [0.15, 0.2) is 0 Å². The number of amides is 1. The number of carbonyl (C=O) groups is 1. The van der Waals surface area contributed by atoms with Crippen LogP contribution in [0, 0.1) is 0 Å². The highest BCUT2D eigenvalue weighted by molar-refractivity contribution is 5.85. The SMILES string of the molecule is CC1CCCCN1C1CCC(NC2CC2)(C(N)=O)C1. The molecule has 3 rings (SSSR count). The third-order valence-corrected chi connectivity index (χ3v) is 5.34. The van der Waals surface area contributed by atoms with Crippen molar-refractivity contribution >= 4 is 5.91 Å². The van der Waals surface area contributed by atoms with Gasteiger partial charge < -0.3 is 11.1 Å². The lowest BCUT2D eigenvalue weighted by molar-refractivity contribution is -0.124. The molecule has 0 aromatic rings. The van der Waals surface area contributed by atoms with E-state index in [4.69, 9.17) is 5.73 Å². The molecule has 4 nitrogen and oxygen atoms in total. The zero-order valence-electron chi connectivity index (χ0n) is 12.0. The number of nitrogens with one attached hydrogen (secondary N) is 1. The van der Waals surface area contributed by atoms with Gasteiger partial charge in [-0.3, -0.25) is 9.69 Å². The van der Waals surface area contributed by atoms with Crippen LogP contribution in [-0.2, 0) is 4.79 Å². The van der Waals surface area contributed by atoms with E-state index in [2.05, 4.69) is 17.1 Å². The third kappa shape index (κ3) is 2.65. The van der Waals surface area contributed by atoms with Crippen molar-refractivity contribution in [3.05, 3.63) is 0 Å². The molecule has 3 N–H and O–H groups in total. The quantitative estimate of drug-likeness (QED) is 0.807. The minimum absolute atomic E-state index is 0.133. The third-order valence-electron chi connectivity index (χ3n) is 5.34. The standard InChI is InChI=1S/C15H27N3O/c1-11-4-2-3-9-18(11)13-7-8-15(10-13,14(16)19)17-12-5-6-12/h11-13,17H,2-10H2,1H3,(H2,16,19). The first kappa shape index (κ1) is 13.4. The highest BCUT2D eigenvalue weighted by atomic mass is 16.1. The molecule has 1 saturated heterocycles. The Morgan fingerprint density at radius 2 is 2.05 bits per heavy atom. The molecule has 0 radical (unpaired) electrons. The first-order valence-electron chi connectivity index (χ1n) is 7.94. The van der Waals surface area contributed by atoms with Crippen molar-refractivity contribution in [1.29, 1.82) is 0 Å². The van der Waals surface area contributed by atoms with Gasteiger partial charge in [0.1, 0.15) is 0 Å². The Morgan fingerprint density at radius 3 is 2.68 bits per heavy atom. The van der Waals surface area contributed by atoms with Crippen molar-refractivity contribution in [3.8, 4) is 0 Å². The van der Waals surface area contributed by atoms with Gasteiger partial charge in [0.25, 0.3) is 0 Å². The van der Waals surface area contributed by atoms with Gasteiger partial charge in [-0.15, -0.1) is 0 Å². The molecular weight excluding hydrogens is 238 g/mol. The fraction of sp³-hybridized carbons (Fsp3) is 0.933. The number of hydrogen-bond acceptors (Lipinski definition) is 3. The molecule has 19 heavy (non-hydrogen) atoms. The lowest BCUT2D eigenvalue weighted by atomic mass is 9.94. The smallest absolute Gasteiger partial charge is 0.237 e. The molecule has 0 bridgehead atoms. The predicted molar refractivity (Wildman–Crippen MR) is 75.7 cm³/mol. The first-order valence-corrected chi connectivity index (χ1v) is 7.94. The van der Waals surface area contributed by atoms with E-state index in [1.54, 1.807) is 0 Å². The summed E-state index contributed by atoms with van der Waals surface area (Å²) >= 11 is 0. The first-order chi connectivity index (χ1) is 9.11. The van der Waals surface area contributed by atoms with Crippen LogP contribution in [0.2, 0.25) is 0 Å². The van der Waals surface area contributed by atoms with Gasteiger partial charge in [-0.05, 0) is 58.4 Å². The number of rotatable bonds is 4. The Labute approximate surface area is 116 Å².